The van der Waals surface area contributed by atoms with Crippen LogP contribution in [0.25, 0.3) is 10.9 Å². The minimum Gasteiger partial charge on any atom is -0.484 e. The predicted octanol–water partition coefficient (Wildman–Crippen LogP) is 2.39. The van der Waals surface area contributed by atoms with E-state index in [0.717, 1.165) is 15.6 Å². The molecule has 8 nitrogen and oxygen atoms in total. The van der Waals surface area contributed by atoms with Crippen LogP contribution in [0.5, 0.6) is 5.75 Å². The monoisotopic (exact) mass is 472 g/mol. The van der Waals surface area contributed by atoms with Crippen LogP contribution in [0, 0.1) is 13.8 Å². The smallest absolute Gasteiger partial charge is 0.276 e. The second kappa shape index (κ2) is 9.53. The first-order valence-electron chi connectivity index (χ1n) is 9.26. The number of hydrogen-bond donors (Lipinski definition) is 2. The summed E-state index contributed by atoms with van der Waals surface area (Å²) < 4.78 is 7.54. The molecule has 1 aromatic heterocycles. The van der Waals surface area contributed by atoms with Gasteiger partial charge < -0.3 is 4.74 Å². The molecule has 0 unspecified atom stereocenters. The highest BCUT2D eigenvalue weighted by atomic mass is 79.9. The Labute approximate surface area is 181 Å². The Kier molecular flexibility index (Phi) is 6.83. The van der Waals surface area contributed by atoms with E-state index in [4.69, 9.17) is 4.74 Å². The van der Waals surface area contributed by atoms with Crippen molar-refractivity contribution in [3.63, 3.8) is 0 Å². The zero-order valence-electron chi connectivity index (χ0n) is 16.6. The zero-order chi connectivity index (χ0) is 21.7. The molecule has 0 aliphatic heterocycles. The van der Waals surface area contributed by atoms with Crippen LogP contribution in [0.1, 0.15) is 17.5 Å². The standard InChI is InChI=1S/C21H21BrN4O4/c1-13-3-5-16(9-14(13)2)30-11-20(28)25-24-19(27)7-8-26-12-23-18-6-4-15(22)10-17(18)21(26)29/h3-6,9-10,12H,7-8,11H2,1-2H3,(H,24,27)(H,25,28). The van der Waals surface area contributed by atoms with Gasteiger partial charge in [-0.05, 0) is 55.3 Å². The molecule has 0 radical (unpaired) electrons. The van der Waals surface area contributed by atoms with E-state index in [1.165, 1.54) is 10.9 Å². The maximum absolute atomic E-state index is 12.5. The molecule has 2 amide bonds. The summed E-state index contributed by atoms with van der Waals surface area (Å²) in [6.07, 6.45) is 1.40. The number of fused-ring (bicyclic) bond motifs is 1. The summed E-state index contributed by atoms with van der Waals surface area (Å²) in [4.78, 5) is 40.6. The lowest BCUT2D eigenvalue weighted by atomic mass is 10.1. The van der Waals surface area contributed by atoms with E-state index in [2.05, 4.69) is 31.8 Å². The highest BCUT2D eigenvalue weighted by Crippen LogP contribution is 2.16. The van der Waals surface area contributed by atoms with E-state index in [0.29, 0.717) is 16.7 Å². The Balaban J connectivity index is 1.47. The SMILES string of the molecule is Cc1ccc(OCC(=O)NNC(=O)CCn2cnc3ccc(Br)cc3c2=O)cc1C. The van der Waals surface area contributed by atoms with Crippen molar-refractivity contribution in [3.05, 3.63) is 68.7 Å². The predicted molar refractivity (Wildman–Crippen MR) is 116 cm³/mol. The van der Waals surface area contributed by atoms with Crippen LogP contribution in [-0.2, 0) is 16.1 Å². The van der Waals surface area contributed by atoms with Crippen molar-refractivity contribution in [2.45, 2.75) is 26.8 Å². The van der Waals surface area contributed by atoms with Crippen LogP contribution in [-0.4, -0.2) is 28.0 Å². The van der Waals surface area contributed by atoms with Gasteiger partial charge in [-0.15, -0.1) is 0 Å². The number of amides is 2. The Morgan fingerprint density at radius 3 is 2.60 bits per heavy atom. The van der Waals surface area contributed by atoms with Gasteiger partial charge in [0.15, 0.2) is 6.61 Å². The number of aromatic nitrogens is 2. The Hall–Kier alpha value is -3.20. The maximum atomic E-state index is 12.5. The first kappa shape index (κ1) is 21.5. The normalized spacial score (nSPS) is 10.6. The quantitative estimate of drug-likeness (QED) is 0.536. The van der Waals surface area contributed by atoms with Crippen LogP contribution < -0.4 is 21.1 Å². The van der Waals surface area contributed by atoms with Crippen molar-refractivity contribution >= 4 is 38.6 Å². The number of benzene rings is 2. The molecule has 1 heterocycles. The first-order chi connectivity index (χ1) is 14.3. The summed E-state index contributed by atoms with van der Waals surface area (Å²) in [5.41, 5.74) is 7.15. The molecule has 0 spiro atoms. The fraction of sp³-hybridized carbons (Fsp3) is 0.238. The lowest BCUT2D eigenvalue weighted by Gasteiger charge is -2.10. The van der Waals surface area contributed by atoms with Gasteiger partial charge in [0.05, 0.1) is 17.2 Å². The average molecular weight is 473 g/mol. The zero-order valence-corrected chi connectivity index (χ0v) is 18.2. The maximum Gasteiger partial charge on any atom is 0.276 e. The van der Waals surface area contributed by atoms with Gasteiger partial charge in [-0.3, -0.25) is 29.8 Å². The van der Waals surface area contributed by atoms with Gasteiger partial charge in [0, 0.05) is 17.4 Å². The molecule has 0 bridgehead atoms. The van der Waals surface area contributed by atoms with E-state index in [9.17, 15) is 14.4 Å². The largest absolute Gasteiger partial charge is 0.484 e. The van der Waals surface area contributed by atoms with Crippen LogP contribution in [0.3, 0.4) is 0 Å². The van der Waals surface area contributed by atoms with Gasteiger partial charge in [0.2, 0.25) is 5.91 Å². The van der Waals surface area contributed by atoms with Crippen LogP contribution in [0.4, 0.5) is 0 Å². The molecule has 156 valence electrons. The molecular weight excluding hydrogens is 452 g/mol. The van der Waals surface area contributed by atoms with E-state index in [-0.39, 0.29) is 25.1 Å². The number of nitrogens with one attached hydrogen (secondary N) is 2. The molecule has 0 aliphatic rings. The Morgan fingerprint density at radius 1 is 1.07 bits per heavy atom. The average Bonchev–Trinajstić information content (AvgIpc) is 2.73. The summed E-state index contributed by atoms with van der Waals surface area (Å²) >= 11 is 3.33. The molecule has 0 aliphatic carbocycles. The first-order valence-corrected chi connectivity index (χ1v) is 10.1. The fourth-order valence-corrected chi connectivity index (χ4v) is 3.06. The number of halogens is 1. The molecule has 9 heteroatoms. The summed E-state index contributed by atoms with van der Waals surface area (Å²) in [7, 11) is 0. The van der Waals surface area contributed by atoms with Crippen molar-refractivity contribution in [1.29, 1.82) is 0 Å². The van der Waals surface area contributed by atoms with Gasteiger partial charge >= 0.3 is 0 Å². The summed E-state index contributed by atoms with van der Waals surface area (Å²) in [6, 6.07) is 10.8. The number of carbonyl (C=O) groups is 2. The molecule has 2 aromatic carbocycles. The number of hydrazine groups is 1. The molecular formula is C21H21BrN4O4. The van der Waals surface area contributed by atoms with Crippen molar-refractivity contribution < 1.29 is 14.3 Å². The molecule has 0 saturated carbocycles. The van der Waals surface area contributed by atoms with Gasteiger partial charge in [0.25, 0.3) is 11.5 Å². The van der Waals surface area contributed by atoms with Gasteiger partial charge in [-0.25, -0.2) is 4.98 Å². The van der Waals surface area contributed by atoms with Crippen LogP contribution >= 0.6 is 15.9 Å². The van der Waals surface area contributed by atoms with Crippen molar-refractivity contribution in [2.75, 3.05) is 6.61 Å². The topological polar surface area (TPSA) is 102 Å². The molecule has 2 N–H and O–H groups in total. The number of hydrogen-bond acceptors (Lipinski definition) is 5. The van der Waals surface area contributed by atoms with Crippen LogP contribution in [0.15, 0.2) is 52.0 Å². The Bertz CT molecular complexity index is 1160. The van der Waals surface area contributed by atoms with Crippen molar-refractivity contribution in [1.82, 2.24) is 20.4 Å². The van der Waals surface area contributed by atoms with E-state index in [1.54, 1.807) is 24.3 Å². The Morgan fingerprint density at radius 2 is 1.83 bits per heavy atom. The molecule has 0 atom stereocenters. The fourth-order valence-electron chi connectivity index (χ4n) is 2.70. The number of rotatable bonds is 6. The molecule has 0 saturated heterocycles. The number of aryl methyl sites for hydroxylation is 3. The van der Waals surface area contributed by atoms with Gasteiger partial charge in [-0.1, -0.05) is 22.0 Å². The van der Waals surface area contributed by atoms with Crippen molar-refractivity contribution in [3.8, 4) is 5.75 Å². The molecule has 30 heavy (non-hydrogen) atoms. The molecule has 0 fully saturated rings. The lowest BCUT2D eigenvalue weighted by Crippen LogP contribution is -2.44. The highest BCUT2D eigenvalue weighted by molar-refractivity contribution is 9.10. The lowest BCUT2D eigenvalue weighted by molar-refractivity contribution is -0.130. The summed E-state index contributed by atoms with van der Waals surface area (Å²) in [6.45, 7) is 3.85. The number of ether oxygens (including phenoxy) is 1. The van der Waals surface area contributed by atoms with Gasteiger partial charge in [-0.2, -0.15) is 0 Å². The van der Waals surface area contributed by atoms with Crippen molar-refractivity contribution in [2.24, 2.45) is 0 Å². The number of nitrogens with zero attached hydrogens (tertiary/aromatic N) is 2. The third-order valence-electron chi connectivity index (χ3n) is 4.56. The molecule has 3 rings (SSSR count). The summed E-state index contributed by atoms with van der Waals surface area (Å²) in [5, 5.41) is 0.462. The number of carbonyl (C=O) groups excluding carboxylic acids is 2. The highest BCUT2D eigenvalue weighted by Gasteiger charge is 2.09. The third-order valence-corrected chi connectivity index (χ3v) is 5.05. The molecule has 3 aromatic rings. The van der Waals surface area contributed by atoms with Gasteiger partial charge in [0.1, 0.15) is 5.75 Å². The van der Waals surface area contributed by atoms with Crippen LogP contribution in [0.2, 0.25) is 0 Å². The van der Waals surface area contributed by atoms with E-state index in [1.807, 2.05) is 26.0 Å². The second-order valence-electron chi connectivity index (χ2n) is 6.79. The minimum absolute atomic E-state index is 0.000605. The van der Waals surface area contributed by atoms with E-state index >= 15 is 0 Å². The third kappa shape index (κ3) is 5.44. The minimum atomic E-state index is -0.490. The second-order valence-corrected chi connectivity index (χ2v) is 7.70. The summed E-state index contributed by atoms with van der Waals surface area (Å²) in [5.74, 6) is -0.346. The van der Waals surface area contributed by atoms with E-state index < -0.39 is 11.8 Å².